The van der Waals surface area contributed by atoms with Crippen molar-refractivity contribution in [1.82, 2.24) is 0 Å². The summed E-state index contributed by atoms with van der Waals surface area (Å²) in [5.41, 5.74) is 1.90. The van der Waals surface area contributed by atoms with Gasteiger partial charge in [0.25, 0.3) is 5.91 Å². The minimum Gasteiger partial charge on any atom is -0.506 e. The van der Waals surface area contributed by atoms with Crippen molar-refractivity contribution in [3.8, 4) is 5.75 Å². The van der Waals surface area contributed by atoms with Crippen LogP contribution in [0.1, 0.15) is 15.9 Å². The third-order valence-corrected chi connectivity index (χ3v) is 3.75. The maximum Gasteiger partial charge on any atom is 0.255 e. The Bertz CT molecular complexity index is 601. The normalized spacial score (nSPS) is 10.3. The first kappa shape index (κ1) is 14.1. The van der Waals surface area contributed by atoms with Crippen molar-refractivity contribution in [3.63, 3.8) is 0 Å². The number of hydrogen-bond donors (Lipinski definition) is 2. The summed E-state index contributed by atoms with van der Waals surface area (Å²) in [5, 5.41) is 12.4. The molecule has 0 radical (unpaired) electrons. The second-order valence-corrected chi connectivity index (χ2v) is 5.85. The number of carbonyl (C=O) groups excluding carboxylic acids is 1. The molecule has 0 fully saturated rings. The van der Waals surface area contributed by atoms with Gasteiger partial charge in [0.1, 0.15) is 5.75 Å². The van der Waals surface area contributed by atoms with Gasteiger partial charge in [-0.05, 0) is 64.8 Å². The van der Waals surface area contributed by atoms with Crippen molar-refractivity contribution >= 4 is 43.5 Å². The number of amides is 1. The van der Waals surface area contributed by atoms with E-state index in [0.717, 1.165) is 4.47 Å². The van der Waals surface area contributed by atoms with E-state index in [-0.39, 0.29) is 11.7 Å². The average Bonchev–Trinajstić information content (AvgIpc) is 2.36. The largest absolute Gasteiger partial charge is 0.506 e. The molecule has 1 amide bonds. The molecule has 5 heteroatoms. The van der Waals surface area contributed by atoms with Gasteiger partial charge in [-0.2, -0.15) is 0 Å². The van der Waals surface area contributed by atoms with Gasteiger partial charge in [-0.25, -0.2) is 0 Å². The molecule has 0 aromatic heterocycles. The highest BCUT2D eigenvalue weighted by atomic mass is 79.9. The summed E-state index contributed by atoms with van der Waals surface area (Å²) in [6.45, 7) is 1.77. The molecule has 2 rings (SSSR count). The lowest BCUT2D eigenvalue weighted by molar-refractivity contribution is 0.102. The highest BCUT2D eigenvalue weighted by Gasteiger charge is 2.09. The molecule has 0 atom stereocenters. The number of hydrogen-bond acceptors (Lipinski definition) is 2. The minimum absolute atomic E-state index is 0.182. The summed E-state index contributed by atoms with van der Waals surface area (Å²) in [4.78, 5) is 12.0. The second-order valence-electron chi connectivity index (χ2n) is 4.08. The Morgan fingerprint density at radius 3 is 2.37 bits per heavy atom. The Morgan fingerprint density at radius 1 is 1.16 bits per heavy atom. The Balaban J connectivity index is 2.22. The first-order valence-corrected chi connectivity index (χ1v) is 7.12. The summed E-state index contributed by atoms with van der Waals surface area (Å²) in [6.07, 6.45) is 0. The Hall–Kier alpha value is -1.33. The van der Waals surface area contributed by atoms with Crippen LogP contribution in [0.4, 0.5) is 5.69 Å². The first-order chi connectivity index (χ1) is 8.97. The summed E-state index contributed by atoms with van der Waals surface area (Å²) in [5.74, 6) is -0.00821. The number of benzene rings is 2. The molecule has 0 saturated carbocycles. The zero-order valence-corrected chi connectivity index (χ0v) is 13.2. The molecule has 19 heavy (non-hydrogen) atoms. The van der Waals surface area contributed by atoms with E-state index >= 15 is 0 Å². The van der Waals surface area contributed by atoms with Crippen LogP contribution in [0.15, 0.2) is 45.3 Å². The number of aromatic hydroxyl groups is 1. The smallest absolute Gasteiger partial charge is 0.255 e. The molecule has 98 valence electrons. The van der Waals surface area contributed by atoms with Crippen molar-refractivity contribution in [2.45, 2.75) is 6.92 Å². The van der Waals surface area contributed by atoms with E-state index in [4.69, 9.17) is 0 Å². The van der Waals surface area contributed by atoms with Gasteiger partial charge in [-0.15, -0.1) is 0 Å². The Kier molecular flexibility index (Phi) is 4.27. The fraction of sp³-hybridized carbons (Fsp3) is 0.0714. The summed E-state index contributed by atoms with van der Waals surface area (Å²) < 4.78 is 1.48. The van der Waals surface area contributed by atoms with Gasteiger partial charge < -0.3 is 10.4 Å². The molecule has 2 aromatic carbocycles. The number of anilines is 1. The molecule has 0 aliphatic rings. The van der Waals surface area contributed by atoms with Crippen LogP contribution in [0.2, 0.25) is 0 Å². The molecule has 0 spiro atoms. The number of halogens is 2. The molecule has 0 aliphatic heterocycles. The molecular formula is C14H11Br2NO2. The van der Waals surface area contributed by atoms with Crippen LogP contribution < -0.4 is 5.32 Å². The molecule has 2 aromatic rings. The molecular weight excluding hydrogens is 374 g/mol. The fourth-order valence-corrected chi connectivity index (χ4v) is 2.44. The predicted octanol–water partition coefficient (Wildman–Crippen LogP) is 4.48. The lowest BCUT2D eigenvalue weighted by Gasteiger charge is -2.09. The molecule has 0 heterocycles. The van der Waals surface area contributed by atoms with Crippen LogP contribution in [-0.4, -0.2) is 11.0 Å². The molecule has 3 nitrogen and oxygen atoms in total. The van der Waals surface area contributed by atoms with E-state index < -0.39 is 0 Å². The van der Waals surface area contributed by atoms with Gasteiger partial charge >= 0.3 is 0 Å². The maximum absolute atomic E-state index is 12.0. The van der Waals surface area contributed by atoms with E-state index in [0.29, 0.717) is 21.3 Å². The SMILES string of the molecule is Cc1cc(NC(=O)c2ccc(Br)cc2)cc(Br)c1O. The predicted molar refractivity (Wildman–Crippen MR) is 82.6 cm³/mol. The van der Waals surface area contributed by atoms with Crippen LogP contribution in [0.3, 0.4) is 0 Å². The standard InChI is InChI=1S/C14H11Br2NO2/c1-8-6-11(7-12(16)13(8)18)17-14(19)9-2-4-10(15)5-3-9/h2-7,18H,1H3,(H,17,19). The highest BCUT2D eigenvalue weighted by molar-refractivity contribution is 9.10. The fourth-order valence-electron chi connectivity index (χ4n) is 1.61. The van der Waals surface area contributed by atoms with Gasteiger partial charge in [0.2, 0.25) is 0 Å². The molecule has 2 N–H and O–H groups in total. The van der Waals surface area contributed by atoms with Gasteiger partial charge in [0.15, 0.2) is 0 Å². The molecule has 0 saturated heterocycles. The van der Waals surface area contributed by atoms with Crippen molar-refractivity contribution in [2.75, 3.05) is 5.32 Å². The Morgan fingerprint density at radius 2 is 1.79 bits per heavy atom. The lowest BCUT2D eigenvalue weighted by Crippen LogP contribution is -2.11. The van der Waals surface area contributed by atoms with Crippen LogP contribution in [0.5, 0.6) is 5.75 Å². The topological polar surface area (TPSA) is 49.3 Å². The number of nitrogens with one attached hydrogen (secondary N) is 1. The highest BCUT2D eigenvalue weighted by Crippen LogP contribution is 2.31. The average molecular weight is 385 g/mol. The van der Waals surface area contributed by atoms with Crippen LogP contribution in [-0.2, 0) is 0 Å². The van der Waals surface area contributed by atoms with Gasteiger partial charge in [-0.3, -0.25) is 4.79 Å². The Labute approximate surface area is 127 Å². The minimum atomic E-state index is -0.190. The van der Waals surface area contributed by atoms with Gasteiger partial charge in [-0.1, -0.05) is 15.9 Å². The first-order valence-electron chi connectivity index (χ1n) is 5.53. The van der Waals surface area contributed by atoms with Crippen molar-refractivity contribution in [3.05, 3.63) is 56.5 Å². The number of phenols is 1. The van der Waals surface area contributed by atoms with Crippen molar-refractivity contribution in [2.24, 2.45) is 0 Å². The van der Waals surface area contributed by atoms with Crippen LogP contribution in [0.25, 0.3) is 0 Å². The van der Waals surface area contributed by atoms with Crippen molar-refractivity contribution in [1.29, 1.82) is 0 Å². The second kappa shape index (κ2) is 5.75. The van der Waals surface area contributed by atoms with Gasteiger partial charge in [0.05, 0.1) is 4.47 Å². The summed E-state index contributed by atoms with van der Waals surface area (Å²) >= 11 is 6.57. The zero-order valence-electron chi connectivity index (χ0n) is 10.1. The summed E-state index contributed by atoms with van der Waals surface area (Å²) in [7, 11) is 0. The third-order valence-electron chi connectivity index (χ3n) is 2.62. The number of phenolic OH excluding ortho intramolecular Hbond substituents is 1. The number of carbonyl (C=O) groups is 1. The maximum atomic E-state index is 12.0. The van der Waals surface area contributed by atoms with Crippen molar-refractivity contribution < 1.29 is 9.90 Å². The number of aryl methyl sites for hydroxylation is 1. The quantitative estimate of drug-likeness (QED) is 0.750. The van der Waals surface area contributed by atoms with E-state index in [1.165, 1.54) is 0 Å². The van der Waals surface area contributed by atoms with E-state index in [1.807, 2.05) is 12.1 Å². The monoisotopic (exact) mass is 383 g/mol. The van der Waals surface area contributed by atoms with E-state index in [1.54, 1.807) is 31.2 Å². The van der Waals surface area contributed by atoms with Crippen LogP contribution >= 0.6 is 31.9 Å². The summed E-state index contributed by atoms with van der Waals surface area (Å²) in [6, 6.07) is 10.5. The molecule has 0 bridgehead atoms. The molecule has 0 aliphatic carbocycles. The van der Waals surface area contributed by atoms with Gasteiger partial charge in [0, 0.05) is 15.7 Å². The molecule has 0 unspecified atom stereocenters. The zero-order chi connectivity index (χ0) is 14.0. The van der Waals surface area contributed by atoms with E-state index in [9.17, 15) is 9.90 Å². The van der Waals surface area contributed by atoms with E-state index in [2.05, 4.69) is 37.2 Å². The third kappa shape index (κ3) is 3.36. The number of rotatable bonds is 2. The lowest BCUT2D eigenvalue weighted by atomic mass is 10.1. The van der Waals surface area contributed by atoms with Crippen LogP contribution in [0, 0.1) is 6.92 Å².